The van der Waals surface area contributed by atoms with Crippen molar-refractivity contribution in [1.29, 1.82) is 0 Å². The van der Waals surface area contributed by atoms with E-state index in [2.05, 4.69) is 32.2 Å². The topological polar surface area (TPSA) is 46.5 Å². The maximum Gasteiger partial charge on any atom is 0.316 e. The van der Waals surface area contributed by atoms with Gasteiger partial charge < -0.3 is 9.42 Å². The summed E-state index contributed by atoms with van der Waals surface area (Å²) in [6.07, 6.45) is 5.69. The van der Waals surface area contributed by atoms with Crippen LogP contribution in [0.3, 0.4) is 0 Å². The molecule has 0 aromatic rings. The Hall–Kier alpha value is 1.21. The normalized spacial score (nSPS) is 10.4. The number of rotatable bonds is 9. The van der Waals surface area contributed by atoms with Gasteiger partial charge in [0.15, 0.2) is 0 Å². The summed E-state index contributed by atoms with van der Waals surface area (Å²) in [5.41, 5.74) is 0. The van der Waals surface area contributed by atoms with Crippen molar-refractivity contribution in [3.8, 4) is 0 Å². The molecule has 1 unspecified atom stereocenters. The molecule has 0 saturated carbocycles. The standard InChI is InChI=1S/4C3H7.CH5O3P.2Al.2H/c4*1-3-2;1-4-5(2)3;;;;/h4*1,3H2,2H3;5H,1H3,(H,2,3);;;;. The Morgan fingerprint density at radius 1 is 0.842 bits per heavy atom. The molecule has 0 bridgehead atoms. The van der Waals surface area contributed by atoms with Crippen molar-refractivity contribution < 1.29 is 14.0 Å². The van der Waals surface area contributed by atoms with E-state index in [0.717, 1.165) is 0 Å². The van der Waals surface area contributed by atoms with Gasteiger partial charge >= 0.3 is 8.25 Å². The first-order chi connectivity index (χ1) is 9.10. The molecule has 3 nitrogen and oxygen atoms in total. The van der Waals surface area contributed by atoms with Crippen LogP contribution in [0.15, 0.2) is 0 Å². The highest BCUT2D eigenvalue weighted by atomic mass is 31.1. The van der Waals surface area contributed by atoms with Gasteiger partial charge in [-0.3, -0.25) is 4.57 Å². The highest BCUT2D eigenvalue weighted by Crippen LogP contribution is 2.09. The number of hydrogen-bond donors (Lipinski definition) is 1. The summed E-state index contributed by atoms with van der Waals surface area (Å²) in [6, 6.07) is 0. The van der Waals surface area contributed by atoms with Crippen LogP contribution >= 0.6 is 8.25 Å². The zero-order valence-electron chi connectivity index (χ0n) is 13.8. The molecule has 0 amide bonds. The lowest BCUT2D eigenvalue weighted by molar-refractivity contribution is 0.343. The van der Waals surface area contributed by atoms with E-state index in [1.54, 1.807) is 21.1 Å². The van der Waals surface area contributed by atoms with Crippen LogP contribution in [0.5, 0.6) is 0 Å². The SMILES string of the molecule is CC[CH2][AlH][CH2]CC.CC[CH2][AlH][CH2]CC.CO[PH](=O)O. The second-order valence-electron chi connectivity index (χ2n) is 4.59. The summed E-state index contributed by atoms with van der Waals surface area (Å²) in [7, 11) is -1.44. The highest BCUT2D eigenvalue weighted by molar-refractivity contribution is 7.32. The summed E-state index contributed by atoms with van der Waals surface area (Å²) < 4.78 is 13.2. The monoisotopic (exact) mass is 324 g/mol. The summed E-state index contributed by atoms with van der Waals surface area (Å²) in [6.45, 7) is 9.12. The van der Waals surface area contributed by atoms with Crippen LogP contribution in [0.4, 0.5) is 0 Å². The molecule has 0 saturated heterocycles. The Labute approximate surface area is 134 Å². The average molecular weight is 324 g/mol. The fourth-order valence-electron chi connectivity index (χ4n) is 1.35. The van der Waals surface area contributed by atoms with Crippen molar-refractivity contribution in [1.82, 2.24) is 0 Å². The summed E-state index contributed by atoms with van der Waals surface area (Å²) in [5, 5.41) is 6.25. The second-order valence-corrected chi connectivity index (χ2v) is 9.77. The predicted molar refractivity (Wildman–Crippen MR) is 92.9 cm³/mol. The Morgan fingerprint density at radius 2 is 1.05 bits per heavy atom. The maximum atomic E-state index is 9.33. The van der Waals surface area contributed by atoms with Crippen molar-refractivity contribution in [3.05, 3.63) is 0 Å². The van der Waals surface area contributed by atoms with E-state index < -0.39 is 8.25 Å². The third kappa shape index (κ3) is 45.3. The molecule has 0 heterocycles. The molecular weight excluding hydrogens is 289 g/mol. The van der Waals surface area contributed by atoms with Gasteiger partial charge in [0.1, 0.15) is 0 Å². The maximum absolute atomic E-state index is 9.33. The lowest BCUT2D eigenvalue weighted by atomic mass is 10.6. The van der Waals surface area contributed by atoms with Gasteiger partial charge in [-0.05, 0) is 0 Å². The van der Waals surface area contributed by atoms with Crippen LogP contribution in [-0.4, -0.2) is 42.4 Å². The fourth-order valence-corrected chi connectivity index (χ4v) is 4.06. The van der Waals surface area contributed by atoms with Crippen LogP contribution in [-0.2, 0) is 9.09 Å². The van der Waals surface area contributed by atoms with Gasteiger partial charge in [0.2, 0.25) is 30.4 Å². The minimum absolute atomic E-state index is 0.411. The van der Waals surface area contributed by atoms with Gasteiger partial charge in [-0.25, -0.2) is 0 Å². The first-order valence-corrected chi connectivity index (χ1v) is 13.1. The molecule has 0 radical (unpaired) electrons. The molecule has 0 fully saturated rings. The van der Waals surface area contributed by atoms with Gasteiger partial charge in [0.25, 0.3) is 0 Å². The van der Waals surface area contributed by atoms with Crippen LogP contribution in [0.1, 0.15) is 53.4 Å². The molecule has 0 aliphatic carbocycles. The van der Waals surface area contributed by atoms with Crippen LogP contribution in [0, 0.1) is 0 Å². The molecule has 0 aliphatic rings. The zero-order chi connectivity index (χ0) is 15.4. The van der Waals surface area contributed by atoms with E-state index in [9.17, 15) is 4.57 Å². The molecule has 0 aromatic carbocycles. The molecule has 0 rings (SSSR count). The second kappa shape index (κ2) is 27.5. The van der Waals surface area contributed by atoms with Crippen molar-refractivity contribution in [3.63, 3.8) is 0 Å². The van der Waals surface area contributed by atoms with E-state index >= 15 is 0 Å². The Kier molecular flexibility index (Phi) is 36.5. The van der Waals surface area contributed by atoms with Gasteiger partial charge in [-0.1, -0.05) is 74.5 Å². The van der Waals surface area contributed by atoms with Gasteiger partial charge in [0.05, 0.1) is 0 Å². The van der Waals surface area contributed by atoms with Crippen molar-refractivity contribution >= 4 is 38.7 Å². The third-order valence-electron chi connectivity index (χ3n) is 2.59. The Balaban J connectivity index is -0.000000206. The highest BCUT2D eigenvalue weighted by Gasteiger charge is 1.86. The third-order valence-corrected chi connectivity index (χ3v) is 7.77. The fraction of sp³-hybridized carbons (Fsp3) is 1.00. The van der Waals surface area contributed by atoms with E-state index in [0.29, 0.717) is 30.4 Å². The Morgan fingerprint density at radius 3 is 1.16 bits per heavy atom. The molecule has 1 atom stereocenters. The van der Waals surface area contributed by atoms with Crippen LogP contribution in [0.2, 0.25) is 21.1 Å². The van der Waals surface area contributed by atoms with E-state index in [4.69, 9.17) is 4.89 Å². The first kappa shape index (κ1) is 25.2. The smallest absolute Gasteiger partial charge is 0.316 e. The zero-order valence-corrected chi connectivity index (χ0v) is 17.7. The summed E-state index contributed by atoms with van der Waals surface area (Å²) >= 11 is 0.823. The van der Waals surface area contributed by atoms with Gasteiger partial charge in [0, 0.05) is 7.11 Å². The molecule has 6 heteroatoms. The largest absolute Gasteiger partial charge is 0.326 e. The van der Waals surface area contributed by atoms with Crippen molar-refractivity contribution in [2.45, 2.75) is 74.5 Å². The molecular formula is C13H35Al2O3P. The number of hydrogen-bond acceptors (Lipinski definition) is 2. The molecule has 1 N–H and O–H groups in total. The van der Waals surface area contributed by atoms with E-state index in [-0.39, 0.29) is 0 Å². The molecule has 116 valence electrons. The van der Waals surface area contributed by atoms with Crippen LogP contribution < -0.4 is 0 Å². The summed E-state index contributed by atoms with van der Waals surface area (Å²) in [4.78, 5) is 7.69. The van der Waals surface area contributed by atoms with Crippen LogP contribution in [0.25, 0.3) is 0 Å². The van der Waals surface area contributed by atoms with Gasteiger partial charge in [-0.15, -0.1) is 0 Å². The molecule has 19 heavy (non-hydrogen) atoms. The predicted octanol–water partition coefficient (Wildman–Crippen LogP) is 4.17. The lowest BCUT2D eigenvalue weighted by Crippen LogP contribution is -1.84. The average Bonchev–Trinajstić information content (AvgIpc) is 2.41. The molecule has 0 aliphatic heterocycles. The van der Waals surface area contributed by atoms with E-state index in [1.807, 2.05) is 0 Å². The summed E-state index contributed by atoms with van der Waals surface area (Å²) in [5.74, 6) is 0. The Bertz CT molecular complexity index is 143. The van der Waals surface area contributed by atoms with Gasteiger partial charge in [-0.2, -0.15) is 0 Å². The van der Waals surface area contributed by atoms with Crippen molar-refractivity contribution in [2.75, 3.05) is 7.11 Å². The first-order valence-electron chi connectivity index (χ1n) is 7.87. The van der Waals surface area contributed by atoms with E-state index in [1.165, 1.54) is 32.8 Å². The quantitative estimate of drug-likeness (QED) is 0.393. The van der Waals surface area contributed by atoms with Crippen molar-refractivity contribution in [2.24, 2.45) is 0 Å². The molecule has 0 spiro atoms. The minimum atomic E-state index is -2.62. The lowest BCUT2D eigenvalue weighted by Gasteiger charge is -1.86. The minimum Gasteiger partial charge on any atom is -0.326 e. The molecule has 0 aromatic heterocycles.